The Kier molecular flexibility index (Phi) is 8.24. The van der Waals surface area contributed by atoms with Crippen LogP contribution in [0.3, 0.4) is 0 Å². The van der Waals surface area contributed by atoms with Crippen LogP contribution in [0.1, 0.15) is 68.1 Å². The van der Waals surface area contributed by atoms with Crippen molar-refractivity contribution >= 4 is 42.0 Å². The lowest BCUT2D eigenvalue weighted by atomic mass is 9.91. The van der Waals surface area contributed by atoms with Crippen LogP contribution in [0, 0.1) is 0 Å². The van der Waals surface area contributed by atoms with Crippen LogP contribution in [0.2, 0.25) is 18.1 Å². The van der Waals surface area contributed by atoms with E-state index in [1.165, 1.54) is 0 Å². The number of hydrogen-bond donors (Lipinski definition) is 0. The second-order valence-electron chi connectivity index (χ2n) is 11.3. The molecule has 0 radical (unpaired) electrons. The van der Waals surface area contributed by atoms with Gasteiger partial charge in [0.1, 0.15) is 11.2 Å². The molecule has 1 aromatic heterocycles. The van der Waals surface area contributed by atoms with Crippen molar-refractivity contribution in [3.8, 4) is 0 Å². The molecule has 0 saturated carbocycles. The van der Waals surface area contributed by atoms with Gasteiger partial charge in [0.05, 0.1) is 19.1 Å². The van der Waals surface area contributed by atoms with E-state index in [9.17, 15) is 9.59 Å². The van der Waals surface area contributed by atoms with Gasteiger partial charge in [-0.05, 0) is 48.3 Å². The summed E-state index contributed by atoms with van der Waals surface area (Å²) in [6.45, 7) is 13.3. The topological polar surface area (TPSA) is 65.7 Å². The van der Waals surface area contributed by atoms with Crippen LogP contribution in [0.25, 0.3) is 21.9 Å². The Balaban J connectivity index is 1.82. The van der Waals surface area contributed by atoms with E-state index in [1.54, 1.807) is 6.92 Å². The molecule has 5 nitrogen and oxygen atoms in total. The normalized spacial score (nSPS) is 13.1. The van der Waals surface area contributed by atoms with E-state index in [2.05, 4.69) is 46.0 Å². The molecule has 0 aliphatic rings. The Hall–Kier alpha value is -3.22. The van der Waals surface area contributed by atoms with Crippen molar-refractivity contribution in [1.82, 2.24) is 0 Å². The molecule has 0 fully saturated rings. The van der Waals surface area contributed by atoms with Crippen molar-refractivity contribution in [2.24, 2.45) is 0 Å². The number of fused-ring (bicyclic) bond motifs is 3. The Morgan fingerprint density at radius 3 is 2.26 bits per heavy atom. The van der Waals surface area contributed by atoms with Crippen molar-refractivity contribution in [2.45, 2.75) is 71.2 Å². The minimum atomic E-state index is -2.14. The summed E-state index contributed by atoms with van der Waals surface area (Å²) in [6, 6.07) is 21.9. The van der Waals surface area contributed by atoms with Crippen LogP contribution in [0.4, 0.5) is 0 Å². The number of ether oxygens (including phenoxy) is 1. The smallest absolute Gasteiger partial charge is 0.306 e. The van der Waals surface area contributed by atoms with Crippen molar-refractivity contribution < 1.29 is 23.2 Å². The van der Waals surface area contributed by atoms with Crippen LogP contribution < -0.4 is 0 Å². The van der Waals surface area contributed by atoms with Gasteiger partial charge in [-0.3, -0.25) is 9.59 Å². The Morgan fingerprint density at radius 1 is 0.895 bits per heavy atom. The number of benzene rings is 3. The number of Topliss-reactive ketones (excluding diaryl/α,β-unsaturated/α-hetero) is 1. The Morgan fingerprint density at radius 2 is 1.58 bits per heavy atom. The molecule has 3 aromatic carbocycles. The Labute approximate surface area is 226 Å². The molecule has 0 amide bonds. The van der Waals surface area contributed by atoms with Crippen LogP contribution in [0.5, 0.6) is 0 Å². The van der Waals surface area contributed by atoms with Crippen molar-refractivity contribution in [3.63, 3.8) is 0 Å². The predicted octanol–water partition coefficient (Wildman–Crippen LogP) is 8.42. The van der Waals surface area contributed by atoms with Gasteiger partial charge in [0.15, 0.2) is 14.1 Å². The van der Waals surface area contributed by atoms with E-state index in [4.69, 9.17) is 13.6 Å². The van der Waals surface area contributed by atoms with E-state index < -0.39 is 8.32 Å². The highest BCUT2D eigenvalue weighted by Gasteiger charge is 2.39. The van der Waals surface area contributed by atoms with Gasteiger partial charge in [-0.1, -0.05) is 75.4 Å². The molecular formula is C32H38O5Si. The van der Waals surface area contributed by atoms with E-state index in [-0.39, 0.29) is 35.7 Å². The van der Waals surface area contributed by atoms with Crippen LogP contribution in [0.15, 0.2) is 71.1 Å². The first kappa shape index (κ1) is 27.8. The van der Waals surface area contributed by atoms with Crippen LogP contribution in [-0.4, -0.2) is 26.7 Å². The maximum absolute atomic E-state index is 13.8. The fourth-order valence-electron chi connectivity index (χ4n) is 4.55. The molecular weight excluding hydrogens is 492 g/mol. The quantitative estimate of drug-likeness (QED) is 0.117. The molecule has 1 unspecified atom stereocenters. The molecule has 200 valence electrons. The maximum Gasteiger partial charge on any atom is 0.306 e. The molecule has 0 N–H and O–H groups in total. The first-order valence-corrected chi connectivity index (χ1v) is 16.3. The summed E-state index contributed by atoms with van der Waals surface area (Å²) in [4.78, 5) is 25.9. The van der Waals surface area contributed by atoms with Crippen molar-refractivity contribution in [1.29, 1.82) is 0 Å². The number of ketones is 1. The van der Waals surface area contributed by atoms with Gasteiger partial charge in [-0.25, -0.2) is 0 Å². The lowest BCUT2D eigenvalue weighted by Crippen LogP contribution is -2.42. The lowest BCUT2D eigenvalue weighted by Gasteiger charge is -2.39. The minimum Gasteiger partial charge on any atom is -0.466 e. The molecule has 0 saturated heterocycles. The summed E-state index contributed by atoms with van der Waals surface area (Å²) < 4.78 is 18.2. The first-order valence-electron chi connectivity index (χ1n) is 13.4. The summed E-state index contributed by atoms with van der Waals surface area (Å²) >= 11 is 0. The monoisotopic (exact) mass is 530 g/mol. The van der Waals surface area contributed by atoms with Crippen molar-refractivity contribution in [3.05, 3.63) is 83.4 Å². The number of rotatable bonds is 10. The standard InChI is InChI=1S/C32H38O5Si/c1-7-35-29(34)20-18-25(33)30-23(17-19-27-31(30)24-15-11-12-16-26(24)36-27)21-28(22-13-9-8-10-14-22)37-38(5,6)32(2,3)4/h8-17,19,28H,7,18,20-21H2,1-6H3. The van der Waals surface area contributed by atoms with Gasteiger partial charge in [0.2, 0.25) is 0 Å². The first-order chi connectivity index (χ1) is 18.0. The summed E-state index contributed by atoms with van der Waals surface area (Å²) in [7, 11) is -2.14. The molecule has 4 aromatic rings. The Bertz CT molecular complexity index is 1430. The van der Waals surface area contributed by atoms with E-state index >= 15 is 0 Å². The molecule has 0 aliphatic carbocycles. The molecule has 0 aliphatic heterocycles. The average molecular weight is 531 g/mol. The zero-order chi connectivity index (χ0) is 27.5. The van der Waals surface area contributed by atoms with Crippen molar-refractivity contribution in [2.75, 3.05) is 6.61 Å². The molecule has 4 rings (SSSR count). The zero-order valence-corrected chi connectivity index (χ0v) is 24.3. The lowest BCUT2D eigenvalue weighted by molar-refractivity contribution is -0.143. The highest BCUT2D eigenvalue weighted by atomic mass is 28.4. The third-order valence-corrected chi connectivity index (χ3v) is 12.1. The zero-order valence-electron chi connectivity index (χ0n) is 23.3. The summed E-state index contributed by atoms with van der Waals surface area (Å²) in [5.41, 5.74) is 3.98. The highest BCUT2D eigenvalue weighted by Crippen LogP contribution is 2.42. The van der Waals surface area contributed by atoms with Gasteiger partial charge in [-0.2, -0.15) is 0 Å². The number of hydrogen-bond acceptors (Lipinski definition) is 5. The van der Waals surface area contributed by atoms with E-state index in [0.29, 0.717) is 24.2 Å². The molecule has 0 bridgehead atoms. The van der Waals surface area contributed by atoms with Gasteiger partial charge in [0.25, 0.3) is 0 Å². The molecule has 1 atom stereocenters. The largest absolute Gasteiger partial charge is 0.466 e. The molecule has 0 spiro atoms. The highest BCUT2D eigenvalue weighted by molar-refractivity contribution is 6.74. The third-order valence-electron chi connectivity index (χ3n) is 7.59. The van der Waals surface area contributed by atoms with Gasteiger partial charge < -0.3 is 13.6 Å². The predicted molar refractivity (Wildman–Crippen MR) is 155 cm³/mol. The fraction of sp³-hybridized carbons (Fsp3) is 0.375. The third kappa shape index (κ3) is 5.92. The second-order valence-corrected chi connectivity index (χ2v) is 16.0. The summed E-state index contributed by atoms with van der Waals surface area (Å²) in [5, 5.41) is 1.72. The van der Waals surface area contributed by atoms with Gasteiger partial charge in [-0.15, -0.1) is 0 Å². The van der Waals surface area contributed by atoms with Crippen LogP contribution >= 0.6 is 0 Å². The number of esters is 1. The van der Waals surface area contributed by atoms with Gasteiger partial charge in [0, 0.05) is 29.2 Å². The molecule has 1 heterocycles. The number of furan rings is 1. The summed E-state index contributed by atoms with van der Waals surface area (Å²) in [6.07, 6.45) is 0.431. The second kappa shape index (κ2) is 11.3. The number of carbonyl (C=O) groups is 2. The average Bonchev–Trinajstić information content (AvgIpc) is 3.25. The van der Waals surface area contributed by atoms with Gasteiger partial charge >= 0.3 is 5.97 Å². The molecule has 6 heteroatoms. The SMILES string of the molecule is CCOC(=O)CCC(=O)c1c(CC(O[Si](C)(C)C(C)(C)C)c2ccccc2)ccc2oc3ccccc3c12. The summed E-state index contributed by atoms with van der Waals surface area (Å²) in [5.74, 6) is -0.459. The van der Waals surface area contributed by atoms with E-state index in [1.807, 2.05) is 54.6 Å². The molecule has 38 heavy (non-hydrogen) atoms. The maximum atomic E-state index is 13.8. The fourth-order valence-corrected chi connectivity index (χ4v) is 5.83. The van der Waals surface area contributed by atoms with Crippen LogP contribution in [-0.2, 0) is 20.4 Å². The van der Waals surface area contributed by atoms with E-state index in [0.717, 1.165) is 27.5 Å². The minimum absolute atomic E-state index is 0.0308. The number of para-hydroxylation sites is 1. The number of carbonyl (C=O) groups excluding carboxylic acids is 2.